The minimum absolute atomic E-state index is 0.385. The van der Waals surface area contributed by atoms with E-state index in [0.29, 0.717) is 22.2 Å². The smallest absolute Gasteiger partial charge is 0.141 e. The second-order valence-corrected chi connectivity index (χ2v) is 3.63. The molecule has 0 saturated heterocycles. The third-order valence-corrected chi connectivity index (χ3v) is 2.31. The number of nitrogens with zero attached hydrogens (tertiary/aromatic N) is 1. The topological polar surface area (TPSA) is 50.9 Å². The Hall–Kier alpha value is -1.81. The van der Waals surface area contributed by atoms with E-state index in [2.05, 4.69) is 10.3 Å². The summed E-state index contributed by atoms with van der Waals surface area (Å²) in [4.78, 5) is 3.86. The lowest BCUT2D eigenvalue weighted by Crippen LogP contribution is -1.95. The zero-order valence-electron chi connectivity index (χ0n) is 8.24. The summed E-state index contributed by atoms with van der Waals surface area (Å²) in [7, 11) is 0. The van der Waals surface area contributed by atoms with Gasteiger partial charge in [0.05, 0.1) is 16.9 Å². The fourth-order valence-corrected chi connectivity index (χ4v) is 1.39. The van der Waals surface area contributed by atoms with Crippen LogP contribution in [0.5, 0.6) is 0 Å². The first kappa shape index (κ1) is 10.7. The van der Waals surface area contributed by atoms with Crippen molar-refractivity contribution in [1.29, 1.82) is 0 Å². The normalized spacial score (nSPS) is 10.1. The van der Waals surface area contributed by atoms with E-state index in [0.717, 1.165) is 6.20 Å². The molecular weight excluding hydrogens is 229 g/mol. The Kier molecular flexibility index (Phi) is 2.92. The molecule has 0 unspecified atom stereocenters. The zero-order valence-corrected chi connectivity index (χ0v) is 9.00. The van der Waals surface area contributed by atoms with Crippen molar-refractivity contribution in [2.45, 2.75) is 0 Å². The number of benzene rings is 1. The lowest BCUT2D eigenvalue weighted by molar-refractivity contribution is 0.622. The lowest BCUT2D eigenvalue weighted by Gasteiger charge is -2.08. The van der Waals surface area contributed by atoms with Crippen molar-refractivity contribution in [3.63, 3.8) is 0 Å². The molecule has 3 N–H and O–H groups in total. The third-order valence-electron chi connectivity index (χ3n) is 1.98. The van der Waals surface area contributed by atoms with Gasteiger partial charge in [-0.15, -0.1) is 0 Å². The van der Waals surface area contributed by atoms with Crippen molar-refractivity contribution in [2.75, 3.05) is 11.1 Å². The molecule has 16 heavy (non-hydrogen) atoms. The van der Waals surface area contributed by atoms with E-state index >= 15 is 0 Å². The van der Waals surface area contributed by atoms with Gasteiger partial charge in [-0.2, -0.15) is 0 Å². The van der Waals surface area contributed by atoms with Gasteiger partial charge in [-0.25, -0.2) is 9.37 Å². The van der Waals surface area contributed by atoms with Gasteiger partial charge >= 0.3 is 0 Å². The monoisotopic (exact) mass is 237 g/mol. The summed E-state index contributed by atoms with van der Waals surface area (Å²) in [5, 5.41) is 3.48. The van der Waals surface area contributed by atoms with Crippen LogP contribution in [0.4, 0.5) is 21.6 Å². The standard InChI is InChI=1S/C11H9ClFN3/c12-9-3-2-8(14)5-10(9)16-11-4-1-7(13)6-15-11/h1-6H,14H2,(H,15,16). The first-order valence-electron chi connectivity index (χ1n) is 4.59. The Labute approximate surface area is 97.1 Å². The van der Waals surface area contributed by atoms with Crippen LogP contribution in [-0.4, -0.2) is 4.98 Å². The van der Waals surface area contributed by atoms with Crippen molar-refractivity contribution in [1.82, 2.24) is 4.98 Å². The summed E-state index contributed by atoms with van der Waals surface area (Å²) in [5.74, 6) is 0.123. The van der Waals surface area contributed by atoms with Crippen molar-refractivity contribution in [3.8, 4) is 0 Å². The maximum atomic E-state index is 12.6. The van der Waals surface area contributed by atoms with E-state index in [-0.39, 0.29) is 5.82 Å². The van der Waals surface area contributed by atoms with Crippen LogP contribution in [0.15, 0.2) is 36.5 Å². The molecule has 1 aromatic heterocycles. The Morgan fingerprint density at radius 3 is 2.75 bits per heavy atom. The number of hydrogen-bond acceptors (Lipinski definition) is 3. The fourth-order valence-electron chi connectivity index (χ4n) is 1.23. The van der Waals surface area contributed by atoms with Crippen LogP contribution in [0.25, 0.3) is 0 Å². The predicted molar refractivity (Wildman–Crippen MR) is 63.3 cm³/mol. The molecule has 82 valence electrons. The number of hydrogen-bond donors (Lipinski definition) is 2. The van der Waals surface area contributed by atoms with E-state index in [1.807, 2.05) is 0 Å². The Morgan fingerprint density at radius 1 is 1.25 bits per heavy atom. The Morgan fingerprint density at radius 2 is 2.06 bits per heavy atom. The molecule has 2 rings (SSSR count). The highest BCUT2D eigenvalue weighted by molar-refractivity contribution is 6.33. The second-order valence-electron chi connectivity index (χ2n) is 3.23. The van der Waals surface area contributed by atoms with Crippen LogP contribution in [0.1, 0.15) is 0 Å². The molecule has 0 atom stereocenters. The van der Waals surface area contributed by atoms with Gasteiger partial charge in [0.1, 0.15) is 11.6 Å². The second kappa shape index (κ2) is 4.37. The van der Waals surface area contributed by atoms with E-state index in [1.54, 1.807) is 18.2 Å². The largest absolute Gasteiger partial charge is 0.399 e. The maximum Gasteiger partial charge on any atom is 0.141 e. The highest BCUT2D eigenvalue weighted by Gasteiger charge is 2.02. The van der Waals surface area contributed by atoms with Crippen molar-refractivity contribution < 1.29 is 4.39 Å². The molecule has 1 heterocycles. The van der Waals surface area contributed by atoms with Crippen LogP contribution >= 0.6 is 11.6 Å². The van der Waals surface area contributed by atoms with Gasteiger partial charge in [-0.3, -0.25) is 0 Å². The van der Waals surface area contributed by atoms with Crippen LogP contribution in [0, 0.1) is 5.82 Å². The van der Waals surface area contributed by atoms with Crippen LogP contribution in [-0.2, 0) is 0 Å². The SMILES string of the molecule is Nc1ccc(Cl)c(Nc2ccc(F)cn2)c1. The third kappa shape index (κ3) is 2.41. The van der Waals surface area contributed by atoms with Crippen LogP contribution < -0.4 is 11.1 Å². The highest BCUT2D eigenvalue weighted by atomic mass is 35.5. The van der Waals surface area contributed by atoms with Crippen molar-refractivity contribution >= 4 is 28.8 Å². The van der Waals surface area contributed by atoms with Crippen molar-refractivity contribution in [2.24, 2.45) is 0 Å². The number of nitrogen functional groups attached to an aromatic ring is 1. The summed E-state index contributed by atoms with van der Waals surface area (Å²) in [6, 6.07) is 7.91. The number of halogens is 2. The summed E-state index contributed by atoms with van der Waals surface area (Å²) < 4.78 is 12.6. The lowest BCUT2D eigenvalue weighted by atomic mass is 10.3. The first-order chi connectivity index (χ1) is 7.65. The number of pyridine rings is 1. The molecule has 0 aliphatic heterocycles. The minimum Gasteiger partial charge on any atom is -0.399 e. The van der Waals surface area contributed by atoms with E-state index in [1.165, 1.54) is 12.1 Å². The maximum absolute atomic E-state index is 12.6. The predicted octanol–water partition coefficient (Wildman–Crippen LogP) is 3.20. The number of nitrogens with one attached hydrogen (secondary N) is 1. The zero-order chi connectivity index (χ0) is 11.5. The van der Waals surface area contributed by atoms with Gasteiger partial charge < -0.3 is 11.1 Å². The highest BCUT2D eigenvalue weighted by Crippen LogP contribution is 2.26. The first-order valence-corrected chi connectivity index (χ1v) is 4.96. The van der Waals surface area contributed by atoms with Crippen LogP contribution in [0.2, 0.25) is 5.02 Å². The minimum atomic E-state index is -0.385. The van der Waals surface area contributed by atoms with Gasteiger partial charge in [0.15, 0.2) is 0 Å². The quantitative estimate of drug-likeness (QED) is 0.789. The fraction of sp³-hybridized carbons (Fsp3) is 0. The molecule has 0 spiro atoms. The molecule has 2 aromatic rings. The summed E-state index contributed by atoms with van der Waals surface area (Å²) in [5.41, 5.74) is 6.86. The Bertz CT molecular complexity index is 499. The number of aromatic nitrogens is 1. The molecule has 5 heteroatoms. The number of rotatable bonds is 2. The van der Waals surface area contributed by atoms with E-state index in [4.69, 9.17) is 17.3 Å². The number of anilines is 3. The molecular formula is C11H9ClFN3. The Balaban J connectivity index is 2.26. The molecule has 1 aromatic carbocycles. The molecule has 3 nitrogen and oxygen atoms in total. The summed E-state index contributed by atoms with van der Waals surface area (Å²) >= 11 is 5.96. The van der Waals surface area contributed by atoms with Gasteiger partial charge in [-0.05, 0) is 30.3 Å². The molecule has 0 aliphatic rings. The van der Waals surface area contributed by atoms with Crippen LogP contribution in [0.3, 0.4) is 0 Å². The summed E-state index contributed by atoms with van der Waals surface area (Å²) in [6.45, 7) is 0. The molecule has 0 saturated carbocycles. The molecule has 0 bridgehead atoms. The van der Waals surface area contributed by atoms with Gasteiger partial charge in [0, 0.05) is 5.69 Å². The van der Waals surface area contributed by atoms with Gasteiger partial charge in [0.25, 0.3) is 0 Å². The molecule has 0 amide bonds. The van der Waals surface area contributed by atoms with Crippen molar-refractivity contribution in [3.05, 3.63) is 47.4 Å². The molecule has 0 aliphatic carbocycles. The number of nitrogens with two attached hydrogens (primary N) is 1. The summed E-state index contributed by atoms with van der Waals surface area (Å²) in [6.07, 6.45) is 1.13. The molecule has 0 fully saturated rings. The van der Waals surface area contributed by atoms with E-state index < -0.39 is 0 Å². The van der Waals surface area contributed by atoms with Gasteiger partial charge in [-0.1, -0.05) is 11.6 Å². The molecule has 0 radical (unpaired) electrons. The average molecular weight is 238 g/mol. The van der Waals surface area contributed by atoms with Gasteiger partial charge in [0.2, 0.25) is 0 Å². The average Bonchev–Trinajstić information content (AvgIpc) is 2.27. The van der Waals surface area contributed by atoms with E-state index in [9.17, 15) is 4.39 Å².